The maximum Gasteiger partial charge on any atom is 0.124 e. The molecule has 17 heavy (non-hydrogen) atoms. The highest BCUT2D eigenvalue weighted by Crippen LogP contribution is 2.07. The van der Waals surface area contributed by atoms with E-state index in [1.807, 2.05) is 6.07 Å². The van der Waals surface area contributed by atoms with E-state index in [-0.39, 0.29) is 0 Å². The van der Waals surface area contributed by atoms with E-state index < -0.39 is 0 Å². The Hall–Kier alpha value is -0.830. The fourth-order valence-electron chi connectivity index (χ4n) is 1.93. The molecule has 0 amide bonds. The average Bonchev–Trinajstić information content (AvgIpc) is 2.85. The summed E-state index contributed by atoms with van der Waals surface area (Å²) in [5, 5.41) is 7.23. The first kappa shape index (κ1) is 14.2. The van der Waals surface area contributed by atoms with Crippen LogP contribution in [-0.2, 0) is 6.54 Å². The third kappa shape index (κ3) is 7.97. The van der Waals surface area contributed by atoms with Crippen molar-refractivity contribution in [3.63, 3.8) is 0 Å². The number of nitrogens with one attached hydrogen (secondary N) is 1. The highest BCUT2D eigenvalue weighted by atomic mass is 16.5. The van der Waals surface area contributed by atoms with Crippen molar-refractivity contribution in [1.29, 1.82) is 0 Å². The van der Waals surface area contributed by atoms with Gasteiger partial charge in [-0.3, -0.25) is 0 Å². The molecule has 3 nitrogen and oxygen atoms in total. The lowest BCUT2D eigenvalue weighted by molar-refractivity contribution is 0.408. The summed E-state index contributed by atoms with van der Waals surface area (Å²) in [7, 11) is 0. The third-order valence-electron chi connectivity index (χ3n) is 3.00. The van der Waals surface area contributed by atoms with Crippen LogP contribution in [0.2, 0.25) is 0 Å². The SMILES string of the molecule is CCCCCCCCCCNCc1ccon1. The van der Waals surface area contributed by atoms with Crippen LogP contribution in [0.4, 0.5) is 0 Å². The molecule has 0 aliphatic carbocycles. The van der Waals surface area contributed by atoms with Crippen LogP contribution in [0.25, 0.3) is 0 Å². The molecule has 1 N–H and O–H groups in total. The van der Waals surface area contributed by atoms with Gasteiger partial charge in [0.25, 0.3) is 0 Å². The number of hydrogen-bond donors (Lipinski definition) is 1. The number of aromatic nitrogens is 1. The van der Waals surface area contributed by atoms with E-state index in [9.17, 15) is 0 Å². The molecule has 1 rings (SSSR count). The number of rotatable bonds is 11. The van der Waals surface area contributed by atoms with Gasteiger partial charge >= 0.3 is 0 Å². The van der Waals surface area contributed by atoms with Crippen LogP contribution in [0.15, 0.2) is 16.9 Å². The van der Waals surface area contributed by atoms with Crippen molar-refractivity contribution < 1.29 is 4.52 Å². The van der Waals surface area contributed by atoms with Crippen molar-refractivity contribution in [3.05, 3.63) is 18.0 Å². The van der Waals surface area contributed by atoms with Crippen LogP contribution >= 0.6 is 0 Å². The summed E-state index contributed by atoms with van der Waals surface area (Å²) in [4.78, 5) is 0. The first-order valence-corrected chi connectivity index (χ1v) is 7.03. The molecule has 0 saturated heterocycles. The van der Waals surface area contributed by atoms with Gasteiger partial charge in [-0.2, -0.15) is 0 Å². The molecule has 0 aromatic carbocycles. The highest BCUT2D eigenvalue weighted by Gasteiger charge is 1.95. The van der Waals surface area contributed by atoms with Crippen LogP contribution in [-0.4, -0.2) is 11.7 Å². The van der Waals surface area contributed by atoms with E-state index in [2.05, 4.69) is 17.4 Å². The number of nitrogens with zero attached hydrogens (tertiary/aromatic N) is 1. The third-order valence-corrected chi connectivity index (χ3v) is 3.00. The summed E-state index contributed by atoms with van der Waals surface area (Å²) in [6.07, 6.45) is 12.6. The Balaban J connectivity index is 1.76. The van der Waals surface area contributed by atoms with Gasteiger partial charge in [-0.05, 0) is 13.0 Å². The Morgan fingerprint density at radius 3 is 2.41 bits per heavy atom. The molecule has 0 spiro atoms. The summed E-state index contributed by atoms with van der Waals surface area (Å²) >= 11 is 0. The van der Waals surface area contributed by atoms with Gasteiger partial charge in [-0.25, -0.2) is 0 Å². The number of hydrogen-bond acceptors (Lipinski definition) is 3. The Kier molecular flexibility index (Phi) is 8.65. The minimum atomic E-state index is 0.826. The van der Waals surface area contributed by atoms with E-state index in [4.69, 9.17) is 4.52 Å². The summed E-state index contributed by atoms with van der Waals surface area (Å²) in [6.45, 7) is 4.18. The van der Waals surface area contributed by atoms with Crippen LogP contribution in [0.5, 0.6) is 0 Å². The van der Waals surface area contributed by atoms with E-state index in [0.29, 0.717) is 0 Å². The van der Waals surface area contributed by atoms with Gasteiger partial charge < -0.3 is 9.84 Å². The molecule has 0 saturated carbocycles. The molecule has 0 aliphatic heterocycles. The maximum atomic E-state index is 4.77. The lowest BCUT2D eigenvalue weighted by atomic mass is 10.1. The zero-order valence-corrected chi connectivity index (χ0v) is 11.1. The molecule has 0 fully saturated rings. The minimum Gasteiger partial charge on any atom is -0.364 e. The lowest BCUT2D eigenvalue weighted by Gasteiger charge is -2.03. The fourth-order valence-corrected chi connectivity index (χ4v) is 1.93. The lowest BCUT2D eigenvalue weighted by Crippen LogP contribution is -2.14. The van der Waals surface area contributed by atoms with Gasteiger partial charge in [0.2, 0.25) is 0 Å². The molecule has 0 bridgehead atoms. The second-order valence-electron chi connectivity index (χ2n) is 4.64. The molecule has 98 valence electrons. The molecular formula is C14H26N2O. The molecule has 0 aliphatic rings. The predicted molar refractivity (Wildman–Crippen MR) is 70.8 cm³/mol. The van der Waals surface area contributed by atoms with Crippen LogP contribution in [0, 0.1) is 0 Å². The van der Waals surface area contributed by atoms with Gasteiger partial charge in [0.05, 0.1) is 5.69 Å². The molecule has 0 radical (unpaired) electrons. The monoisotopic (exact) mass is 238 g/mol. The molecule has 1 aromatic heterocycles. The largest absolute Gasteiger partial charge is 0.364 e. The summed E-state index contributed by atoms with van der Waals surface area (Å²) in [6, 6.07) is 1.90. The summed E-state index contributed by atoms with van der Waals surface area (Å²) in [5.74, 6) is 0. The molecular weight excluding hydrogens is 212 g/mol. The van der Waals surface area contributed by atoms with Crippen molar-refractivity contribution in [1.82, 2.24) is 10.5 Å². The molecule has 0 unspecified atom stereocenters. The summed E-state index contributed by atoms with van der Waals surface area (Å²) < 4.78 is 4.77. The fraction of sp³-hybridized carbons (Fsp3) is 0.786. The zero-order chi connectivity index (χ0) is 12.2. The average molecular weight is 238 g/mol. The standard InChI is InChI=1S/C14H26N2O/c1-2-3-4-5-6-7-8-9-11-15-13-14-10-12-17-16-14/h10,12,15H,2-9,11,13H2,1H3. The molecule has 3 heteroatoms. The Bertz CT molecular complexity index is 247. The van der Waals surface area contributed by atoms with Gasteiger partial charge in [-0.15, -0.1) is 0 Å². The van der Waals surface area contributed by atoms with Gasteiger partial charge in [0.15, 0.2) is 0 Å². The van der Waals surface area contributed by atoms with E-state index in [0.717, 1.165) is 18.8 Å². The minimum absolute atomic E-state index is 0.826. The Labute approximate surface area is 105 Å². The predicted octanol–water partition coefficient (Wildman–Crippen LogP) is 3.90. The van der Waals surface area contributed by atoms with Crippen molar-refractivity contribution >= 4 is 0 Å². The topological polar surface area (TPSA) is 38.1 Å². The van der Waals surface area contributed by atoms with Crippen LogP contribution in [0.1, 0.15) is 64.0 Å². The smallest absolute Gasteiger partial charge is 0.124 e. The Morgan fingerprint density at radius 2 is 1.76 bits per heavy atom. The van der Waals surface area contributed by atoms with Crippen LogP contribution < -0.4 is 5.32 Å². The maximum absolute atomic E-state index is 4.77. The quantitative estimate of drug-likeness (QED) is 0.594. The normalized spacial score (nSPS) is 10.9. The van der Waals surface area contributed by atoms with Gasteiger partial charge in [-0.1, -0.05) is 57.0 Å². The van der Waals surface area contributed by atoms with E-state index >= 15 is 0 Å². The molecule has 1 heterocycles. The van der Waals surface area contributed by atoms with E-state index in [1.54, 1.807) is 6.26 Å². The number of unbranched alkanes of at least 4 members (excludes halogenated alkanes) is 7. The van der Waals surface area contributed by atoms with Gasteiger partial charge in [0.1, 0.15) is 6.26 Å². The second kappa shape index (κ2) is 10.3. The first-order valence-electron chi connectivity index (χ1n) is 7.03. The second-order valence-corrected chi connectivity index (χ2v) is 4.64. The van der Waals surface area contributed by atoms with Crippen molar-refractivity contribution in [2.75, 3.05) is 6.54 Å². The van der Waals surface area contributed by atoms with Crippen LogP contribution in [0.3, 0.4) is 0 Å². The van der Waals surface area contributed by atoms with Crippen molar-refractivity contribution in [2.45, 2.75) is 64.8 Å². The first-order chi connectivity index (χ1) is 8.43. The molecule has 1 aromatic rings. The zero-order valence-electron chi connectivity index (χ0n) is 11.1. The highest BCUT2D eigenvalue weighted by molar-refractivity contribution is 4.93. The van der Waals surface area contributed by atoms with E-state index in [1.165, 1.54) is 51.4 Å². The van der Waals surface area contributed by atoms with Crippen molar-refractivity contribution in [3.8, 4) is 0 Å². The van der Waals surface area contributed by atoms with Crippen molar-refractivity contribution in [2.24, 2.45) is 0 Å². The Morgan fingerprint density at radius 1 is 1.06 bits per heavy atom. The molecule has 0 atom stereocenters. The summed E-state index contributed by atoms with van der Waals surface area (Å²) in [5.41, 5.74) is 0.990. The van der Waals surface area contributed by atoms with Gasteiger partial charge in [0, 0.05) is 12.6 Å².